The molecule has 4 nitrogen and oxygen atoms in total. The lowest BCUT2D eigenvalue weighted by Gasteiger charge is -2.45. The number of rotatable bonds is 4. The standard InChI is InChI=1S/C26H29NO3/c1-18(19-11-7-5-8-12-19)27-22-15-16-23(28)26(27,20-13-9-6-10-14-20)17-21(22)24(29)30-25(2,3)4/h5-16,18,21-22H,17H2,1-4H3/t18?,21-,22-,26-/m0/s1. The molecule has 4 heteroatoms. The smallest absolute Gasteiger partial charge is 0.311 e. The van der Waals surface area contributed by atoms with Crippen LogP contribution in [-0.4, -0.2) is 28.3 Å². The molecule has 0 aliphatic carbocycles. The SMILES string of the molecule is CC(c1ccccc1)N1[C@H]2C=CC(=O)[C@@]1(c1ccccc1)C[C@@H]2C(=O)OC(C)(C)C. The molecule has 2 aliphatic rings. The summed E-state index contributed by atoms with van der Waals surface area (Å²) < 4.78 is 5.77. The van der Waals surface area contributed by atoms with E-state index >= 15 is 0 Å². The molecule has 156 valence electrons. The molecule has 2 aromatic rings. The lowest BCUT2D eigenvalue weighted by molar-refractivity contribution is -0.160. The molecule has 1 fully saturated rings. The van der Waals surface area contributed by atoms with Crippen molar-refractivity contribution >= 4 is 11.8 Å². The Morgan fingerprint density at radius 1 is 1.07 bits per heavy atom. The van der Waals surface area contributed by atoms with Crippen LogP contribution < -0.4 is 0 Å². The Balaban J connectivity index is 1.84. The highest BCUT2D eigenvalue weighted by atomic mass is 16.6. The first-order valence-corrected chi connectivity index (χ1v) is 10.6. The molecule has 2 heterocycles. The zero-order chi connectivity index (χ0) is 21.5. The number of nitrogens with zero attached hydrogens (tertiary/aromatic N) is 1. The maximum absolute atomic E-state index is 13.5. The number of carbonyl (C=O) groups excluding carboxylic acids is 2. The third-order valence-electron chi connectivity index (χ3n) is 6.20. The highest BCUT2D eigenvalue weighted by molar-refractivity contribution is 6.01. The van der Waals surface area contributed by atoms with Crippen LogP contribution in [-0.2, 0) is 19.9 Å². The molecule has 0 saturated carbocycles. The van der Waals surface area contributed by atoms with Gasteiger partial charge in [-0.1, -0.05) is 66.7 Å². The number of hydrogen-bond acceptors (Lipinski definition) is 4. The van der Waals surface area contributed by atoms with Gasteiger partial charge in [-0.05, 0) is 51.3 Å². The van der Waals surface area contributed by atoms with Crippen molar-refractivity contribution in [1.29, 1.82) is 0 Å². The summed E-state index contributed by atoms with van der Waals surface area (Å²) >= 11 is 0. The maximum Gasteiger partial charge on any atom is 0.311 e. The first-order valence-electron chi connectivity index (χ1n) is 10.6. The molecule has 4 atom stereocenters. The van der Waals surface area contributed by atoms with Crippen LogP contribution in [0.3, 0.4) is 0 Å². The van der Waals surface area contributed by atoms with E-state index in [-0.39, 0.29) is 23.8 Å². The van der Waals surface area contributed by atoms with Crippen molar-refractivity contribution in [1.82, 2.24) is 4.90 Å². The van der Waals surface area contributed by atoms with Crippen molar-refractivity contribution < 1.29 is 14.3 Å². The fourth-order valence-electron chi connectivity index (χ4n) is 4.98. The van der Waals surface area contributed by atoms with E-state index in [1.165, 1.54) is 0 Å². The fraction of sp³-hybridized carbons (Fsp3) is 0.385. The van der Waals surface area contributed by atoms with E-state index in [2.05, 4.69) is 24.0 Å². The summed E-state index contributed by atoms with van der Waals surface area (Å²) in [5, 5.41) is 0. The molecule has 2 bridgehead atoms. The summed E-state index contributed by atoms with van der Waals surface area (Å²) in [6.07, 6.45) is 3.97. The Kier molecular flexibility index (Phi) is 5.15. The van der Waals surface area contributed by atoms with Gasteiger partial charge < -0.3 is 4.74 Å². The van der Waals surface area contributed by atoms with Crippen molar-refractivity contribution in [2.24, 2.45) is 5.92 Å². The first kappa shape index (κ1) is 20.5. The number of hydrogen-bond donors (Lipinski definition) is 0. The second-order valence-corrected chi connectivity index (χ2v) is 9.28. The number of ether oxygens (including phenoxy) is 1. The van der Waals surface area contributed by atoms with Gasteiger partial charge in [-0.3, -0.25) is 14.5 Å². The quantitative estimate of drug-likeness (QED) is 0.687. The maximum atomic E-state index is 13.5. The van der Waals surface area contributed by atoms with Crippen LogP contribution in [0, 0.1) is 5.92 Å². The van der Waals surface area contributed by atoms with Crippen LogP contribution in [0.5, 0.6) is 0 Å². The number of fused-ring (bicyclic) bond motifs is 2. The van der Waals surface area contributed by atoms with Crippen LogP contribution in [0.4, 0.5) is 0 Å². The van der Waals surface area contributed by atoms with E-state index in [0.717, 1.165) is 11.1 Å². The Bertz CT molecular complexity index is 961. The predicted octanol–water partition coefficient (Wildman–Crippen LogP) is 4.81. The zero-order valence-corrected chi connectivity index (χ0v) is 18.0. The molecule has 0 radical (unpaired) electrons. The van der Waals surface area contributed by atoms with Gasteiger partial charge in [0.05, 0.1) is 5.92 Å². The second kappa shape index (κ2) is 7.51. The molecule has 0 amide bonds. The van der Waals surface area contributed by atoms with Crippen LogP contribution in [0.1, 0.15) is 51.3 Å². The number of benzene rings is 2. The average Bonchev–Trinajstić information content (AvgIpc) is 3.00. The second-order valence-electron chi connectivity index (χ2n) is 9.28. The van der Waals surface area contributed by atoms with Gasteiger partial charge in [0.1, 0.15) is 11.1 Å². The summed E-state index contributed by atoms with van der Waals surface area (Å²) in [6, 6.07) is 19.8. The van der Waals surface area contributed by atoms with Crippen molar-refractivity contribution in [2.75, 3.05) is 0 Å². The number of esters is 1. The van der Waals surface area contributed by atoms with Crippen molar-refractivity contribution in [2.45, 2.75) is 57.3 Å². The molecule has 0 spiro atoms. The zero-order valence-electron chi connectivity index (χ0n) is 18.0. The Morgan fingerprint density at radius 2 is 1.67 bits per heavy atom. The van der Waals surface area contributed by atoms with E-state index in [0.29, 0.717) is 6.42 Å². The highest BCUT2D eigenvalue weighted by Gasteiger charge is 2.61. The molecule has 0 N–H and O–H groups in total. The van der Waals surface area contributed by atoms with Gasteiger partial charge >= 0.3 is 5.97 Å². The van der Waals surface area contributed by atoms with Crippen molar-refractivity contribution in [3.8, 4) is 0 Å². The summed E-state index contributed by atoms with van der Waals surface area (Å²) in [4.78, 5) is 28.9. The van der Waals surface area contributed by atoms with Crippen LogP contribution >= 0.6 is 0 Å². The van der Waals surface area contributed by atoms with Gasteiger partial charge in [0.2, 0.25) is 0 Å². The van der Waals surface area contributed by atoms with E-state index in [9.17, 15) is 9.59 Å². The molecule has 2 aliphatic heterocycles. The predicted molar refractivity (Wildman–Crippen MR) is 117 cm³/mol. The van der Waals surface area contributed by atoms with Crippen molar-refractivity contribution in [3.05, 3.63) is 83.9 Å². The largest absolute Gasteiger partial charge is 0.460 e. The van der Waals surface area contributed by atoms with Crippen LogP contribution in [0.25, 0.3) is 0 Å². The summed E-state index contributed by atoms with van der Waals surface area (Å²) in [5.74, 6) is -0.619. The van der Waals surface area contributed by atoms with Crippen molar-refractivity contribution in [3.63, 3.8) is 0 Å². The summed E-state index contributed by atoms with van der Waals surface area (Å²) in [5.41, 5.74) is 0.600. The summed E-state index contributed by atoms with van der Waals surface area (Å²) in [7, 11) is 0. The lowest BCUT2D eigenvalue weighted by atomic mass is 9.80. The molecule has 1 saturated heterocycles. The van der Waals surface area contributed by atoms with E-state index in [1.807, 2.05) is 75.4 Å². The highest BCUT2D eigenvalue weighted by Crippen LogP contribution is 2.53. The summed E-state index contributed by atoms with van der Waals surface area (Å²) in [6.45, 7) is 7.75. The first-order chi connectivity index (χ1) is 14.2. The Labute approximate surface area is 178 Å². The van der Waals surface area contributed by atoms with Gasteiger partial charge in [-0.2, -0.15) is 0 Å². The lowest BCUT2D eigenvalue weighted by Crippen LogP contribution is -2.53. The van der Waals surface area contributed by atoms with E-state index in [4.69, 9.17) is 4.74 Å². The van der Waals surface area contributed by atoms with Gasteiger partial charge in [-0.25, -0.2) is 0 Å². The third-order valence-corrected chi connectivity index (χ3v) is 6.20. The minimum Gasteiger partial charge on any atom is -0.460 e. The Hall–Kier alpha value is -2.72. The van der Waals surface area contributed by atoms with Crippen LogP contribution in [0.15, 0.2) is 72.8 Å². The topological polar surface area (TPSA) is 46.6 Å². The van der Waals surface area contributed by atoms with E-state index in [1.54, 1.807) is 6.08 Å². The minimum absolute atomic E-state index is 0.0267. The normalized spacial score (nSPS) is 27.1. The minimum atomic E-state index is -0.877. The Morgan fingerprint density at radius 3 is 2.27 bits per heavy atom. The van der Waals surface area contributed by atoms with E-state index < -0.39 is 17.1 Å². The average molecular weight is 404 g/mol. The fourth-order valence-corrected chi connectivity index (χ4v) is 4.98. The molecule has 1 unspecified atom stereocenters. The van der Waals surface area contributed by atoms with Gasteiger partial charge in [0.25, 0.3) is 0 Å². The molecule has 0 aromatic heterocycles. The molecular weight excluding hydrogens is 374 g/mol. The van der Waals surface area contributed by atoms with Gasteiger partial charge in [0.15, 0.2) is 5.78 Å². The molecule has 30 heavy (non-hydrogen) atoms. The van der Waals surface area contributed by atoms with Gasteiger partial charge in [-0.15, -0.1) is 0 Å². The molecular formula is C26H29NO3. The third kappa shape index (κ3) is 3.39. The molecule has 2 aromatic carbocycles. The monoisotopic (exact) mass is 403 g/mol. The number of carbonyl (C=O) groups is 2. The number of ketones is 1. The van der Waals surface area contributed by atoms with Crippen LogP contribution in [0.2, 0.25) is 0 Å². The van der Waals surface area contributed by atoms with Gasteiger partial charge in [0, 0.05) is 12.1 Å². The molecule has 4 rings (SSSR count).